The molecule has 1 amide bonds. The van der Waals surface area contributed by atoms with Crippen LogP contribution in [0, 0.1) is 12.3 Å². The highest BCUT2D eigenvalue weighted by Crippen LogP contribution is 2.36. The lowest BCUT2D eigenvalue weighted by atomic mass is 9.75. The van der Waals surface area contributed by atoms with Crippen LogP contribution < -0.4 is 5.32 Å². The first-order chi connectivity index (χ1) is 8.65. The molecule has 0 spiro atoms. The summed E-state index contributed by atoms with van der Waals surface area (Å²) in [6.07, 6.45) is 7.63. The van der Waals surface area contributed by atoms with Crippen molar-refractivity contribution in [1.82, 2.24) is 10.3 Å². The van der Waals surface area contributed by atoms with Crippen molar-refractivity contribution >= 4 is 28.8 Å². The van der Waals surface area contributed by atoms with E-state index in [0.717, 1.165) is 17.8 Å². The fourth-order valence-corrected chi connectivity index (χ4v) is 3.54. The molecule has 1 fully saturated rings. The van der Waals surface area contributed by atoms with E-state index in [9.17, 15) is 4.79 Å². The lowest BCUT2D eigenvalue weighted by Gasteiger charge is -2.35. The molecular weight excluding hydrogens is 268 g/mol. The number of carbonyl (C=O) groups excluding carboxylic acids is 1. The van der Waals surface area contributed by atoms with Gasteiger partial charge in [-0.15, -0.1) is 22.9 Å². The molecular formula is C13H19ClN2OS. The SMILES string of the molecule is Cc1ncc(C(=O)NCC2(CCl)CCCCC2)s1. The maximum absolute atomic E-state index is 12.0. The molecule has 1 heterocycles. The Hall–Kier alpha value is -0.610. The maximum atomic E-state index is 12.0. The molecule has 1 aromatic heterocycles. The third-order valence-corrected chi connectivity index (χ3v) is 5.15. The molecule has 1 saturated carbocycles. The van der Waals surface area contributed by atoms with Gasteiger partial charge in [0.05, 0.1) is 11.2 Å². The van der Waals surface area contributed by atoms with Crippen LogP contribution in [0.25, 0.3) is 0 Å². The van der Waals surface area contributed by atoms with Crippen molar-refractivity contribution in [2.75, 3.05) is 12.4 Å². The lowest BCUT2D eigenvalue weighted by molar-refractivity contribution is 0.0925. The van der Waals surface area contributed by atoms with Gasteiger partial charge in [-0.1, -0.05) is 19.3 Å². The highest BCUT2D eigenvalue weighted by Gasteiger charge is 2.31. The normalized spacial score (nSPS) is 18.6. The fourth-order valence-electron chi connectivity index (χ4n) is 2.48. The van der Waals surface area contributed by atoms with Crippen LogP contribution in [-0.4, -0.2) is 23.3 Å². The van der Waals surface area contributed by atoms with Crippen LogP contribution in [0.3, 0.4) is 0 Å². The van der Waals surface area contributed by atoms with Crippen LogP contribution in [0.1, 0.15) is 46.8 Å². The quantitative estimate of drug-likeness (QED) is 0.862. The van der Waals surface area contributed by atoms with E-state index < -0.39 is 0 Å². The Morgan fingerprint density at radius 1 is 1.50 bits per heavy atom. The first kappa shape index (κ1) is 13.8. The number of nitrogens with one attached hydrogen (secondary N) is 1. The van der Waals surface area contributed by atoms with Gasteiger partial charge in [0.25, 0.3) is 5.91 Å². The molecule has 0 atom stereocenters. The first-order valence-corrected chi connectivity index (χ1v) is 7.77. The van der Waals surface area contributed by atoms with Crippen molar-refractivity contribution in [3.05, 3.63) is 16.1 Å². The van der Waals surface area contributed by atoms with E-state index in [2.05, 4.69) is 10.3 Å². The smallest absolute Gasteiger partial charge is 0.263 e. The molecule has 0 unspecified atom stereocenters. The summed E-state index contributed by atoms with van der Waals surface area (Å²) in [6, 6.07) is 0. The summed E-state index contributed by atoms with van der Waals surface area (Å²) in [4.78, 5) is 16.8. The van der Waals surface area contributed by atoms with Gasteiger partial charge in [0.15, 0.2) is 0 Å². The Balaban J connectivity index is 1.91. The van der Waals surface area contributed by atoms with Gasteiger partial charge in [0, 0.05) is 17.8 Å². The molecule has 1 aliphatic rings. The average molecular weight is 287 g/mol. The van der Waals surface area contributed by atoms with E-state index in [0.29, 0.717) is 17.3 Å². The van der Waals surface area contributed by atoms with Gasteiger partial charge in [0.1, 0.15) is 4.88 Å². The van der Waals surface area contributed by atoms with E-state index in [-0.39, 0.29) is 11.3 Å². The van der Waals surface area contributed by atoms with E-state index in [4.69, 9.17) is 11.6 Å². The molecule has 18 heavy (non-hydrogen) atoms. The number of amides is 1. The van der Waals surface area contributed by atoms with E-state index in [1.165, 1.54) is 30.6 Å². The third kappa shape index (κ3) is 3.23. The zero-order chi connectivity index (χ0) is 13.0. The number of alkyl halides is 1. The average Bonchev–Trinajstić information content (AvgIpc) is 2.84. The van der Waals surface area contributed by atoms with Crippen LogP contribution in [0.5, 0.6) is 0 Å². The fraction of sp³-hybridized carbons (Fsp3) is 0.692. The number of hydrogen-bond acceptors (Lipinski definition) is 3. The van der Waals surface area contributed by atoms with Crippen molar-refractivity contribution in [1.29, 1.82) is 0 Å². The molecule has 0 aliphatic heterocycles. The molecule has 0 bridgehead atoms. The van der Waals surface area contributed by atoms with Crippen molar-refractivity contribution in [2.45, 2.75) is 39.0 Å². The molecule has 2 rings (SSSR count). The summed E-state index contributed by atoms with van der Waals surface area (Å²) in [6.45, 7) is 2.59. The predicted octanol–water partition coefficient (Wildman–Crippen LogP) is 3.37. The summed E-state index contributed by atoms with van der Waals surface area (Å²) in [5.74, 6) is 0.616. The molecule has 3 nitrogen and oxygen atoms in total. The second-order valence-electron chi connectivity index (χ2n) is 5.12. The van der Waals surface area contributed by atoms with Crippen molar-refractivity contribution < 1.29 is 4.79 Å². The summed E-state index contributed by atoms with van der Waals surface area (Å²) < 4.78 is 0. The van der Waals surface area contributed by atoms with Gasteiger partial charge in [-0.2, -0.15) is 0 Å². The zero-order valence-corrected chi connectivity index (χ0v) is 12.2. The monoisotopic (exact) mass is 286 g/mol. The second-order valence-corrected chi connectivity index (χ2v) is 6.62. The topological polar surface area (TPSA) is 42.0 Å². The van der Waals surface area contributed by atoms with Crippen LogP contribution in [0.2, 0.25) is 0 Å². The summed E-state index contributed by atoms with van der Waals surface area (Å²) >= 11 is 7.54. The Bertz CT molecular complexity index is 413. The number of aromatic nitrogens is 1. The Morgan fingerprint density at radius 2 is 2.22 bits per heavy atom. The molecule has 100 valence electrons. The molecule has 1 N–H and O–H groups in total. The van der Waals surface area contributed by atoms with Crippen LogP contribution in [0.15, 0.2) is 6.20 Å². The molecule has 0 radical (unpaired) electrons. The predicted molar refractivity (Wildman–Crippen MR) is 75.4 cm³/mol. The minimum atomic E-state index is -0.0179. The van der Waals surface area contributed by atoms with E-state index >= 15 is 0 Å². The Morgan fingerprint density at radius 3 is 2.78 bits per heavy atom. The Kier molecular flexibility index (Phi) is 4.62. The van der Waals surface area contributed by atoms with Crippen LogP contribution in [0.4, 0.5) is 0 Å². The lowest BCUT2D eigenvalue weighted by Crippen LogP contribution is -2.40. The van der Waals surface area contributed by atoms with Gasteiger partial charge < -0.3 is 5.32 Å². The standard InChI is InChI=1S/C13H19ClN2OS/c1-10-15-7-11(18-10)12(17)16-9-13(8-14)5-3-2-4-6-13/h7H,2-6,8-9H2,1H3,(H,16,17). The number of hydrogen-bond donors (Lipinski definition) is 1. The highest BCUT2D eigenvalue weighted by atomic mass is 35.5. The number of nitrogens with zero attached hydrogens (tertiary/aromatic N) is 1. The highest BCUT2D eigenvalue weighted by molar-refractivity contribution is 7.13. The second kappa shape index (κ2) is 6.02. The number of thiazole rings is 1. The van der Waals surface area contributed by atoms with Crippen LogP contribution >= 0.6 is 22.9 Å². The summed E-state index contributed by atoms with van der Waals surface area (Å²) in [5.41, 5.74) is 0.106. The van der Waals surface area contributed by atoms with Crippen molar-refractivity contribution in [3.8, 4) is 0 Å². The number of rotatable bonds is 4. The summed E-state index contributed by atoms with van der Waals surface area (Å²) in [7, 11) is 0. The number of aryl methyl sites for hydroxylation is 1. The van der Waals surface area contributed by atoms with E-state index in [1.54, 1.807) is 6.20 Å². The third-order valence-electron chi connectivity index (χ3n) is 3.67. The molecule has 1 aromatic rings. The van der Waals surface area contributed by atoms with Gasteiger partial charge in [-0.05, 0) is 19.8 Å². The van der Waals surface area contributed by atoms with Crippen molar-refractivity contribution in [3.63, 3.8) is 0 Å². The molecule has 1 aliphatic carbocycles. The number of halogens is 1. The number of carbonyl (C=O) groups is 1. The minimum Gasteiger partial charge on any atom is -0.351 e. The summed E-state index contributed by atoms with van der Waals surface area (Å²) in [5, 5.41) is 3.94. The van der Waals surface area contributed by atoms with Gasteiger partial charge in [-0.25, -0.2) is 4.98 Å². The molecule has 0 saturated heterocycles. The molecule has 0 aromatic carbocycles. The van der Waals surface area contributed by atoms with Gasteiger partial charge in [0.2, 0.25) is 0 Å². The largest absolute Gasteiger partial charge is 0.351 e. The van der Waals surface area contributed by atoms with E-state index in [1.807, 2.05) is 6.92 Å². The zero-order valence-electron chi connectivity index (χ0n) is 10.7. The first-order valence-electron chi connectivity index (χ1n) is 6.42. The van der Waals surface area contributed by atoms with Gasteiger partial charge >= 0.3 is 0 Å². The van der Waals surface area contributed by atoms with Crippen LogP contribution in [-0.2, 0) is 0 Å². The molecule has 5 heteroatoms. The maximum Gasteiger partial charge on any atom is 0.263 e. The van der Waals surface area contributed by atoms with Gasteiger partial charge in [-0.3, -0.25) is 4.79 Å². The van der Waals surface area contributed by atoms with Crippen molar-refractivity contribution in [2.24, 2.45) is 5.41 Å². The Labute approximate surface area is 117 Å². The minimum absolute atomic E-state index is 0.0179.